The molecule has 0 saturated carbocycles. The largest absolute Gasteiger partial charge is 0.497 e. The van der Waals surface area contributed by atoms with E-state index in [1.165, 1.54) is 45.2 Å². The molecule has 1 atom stereocenters. The lowest BCUT2D eigenvalue weighted by atomic mass is 10.1. The SMILES string of the molecule is COc1cccc(NC(=O)COc2ccc(C(=O)OC(C)C(=O)Nc3ccccc3C(C)=O)cc2)c1. The van der Waals surface area contributed by atoms with Crippen LogP contribution >= 0.6 is 0 Å². The number of ether oxygens (including phenoxy) is 3. The highest BCUT2D eigenvalue weighted by molar-refractivity contribution is 6.05. The van der Waals surface area contributed by atoms with Crippen molar-refractivity contribution in [3.8, 4) is 11.5 Å². The van der Waals surface area contributed by atoms with Crippen molar-refractivity contribution in [3.05, 3.63) is 83.9 Å². The quantitative estimate of drug-likeness (QED) is 0.324. The second-order valence-electron chi connectivity index (χ2n) is 7.73. The van der Waals surface area contributed by atoms with E-state index in [1.54, 1.807) is 48.5 Å². The van der Waals surface area contributed by atoms with Crippen LogP contribution in [0.3, 0.4) is 0 Å². The number of esters is 1. The summed E-state index contributed by atoms with van der Waals surface area (Å²) in [6.07, 6.45) is -1.10. The fraction of sp³-hybridized carbons (Fsp3) is 0.185. The van der Waals surface area contributed by atoms with Crippen molar-refractivity contribution in [1.29, 1.82) is 0 Å². The third-order valence-electron chi connectivity index (χ3n) is 5.03. The molecule has 0 fully saturated rings. The summed E-state index contributed by atoms with van der Waals surface area (Å²) in [7, 11) is 1.54. The van der Waals surface area contributed by atoms with E-state index in [1.807, 2.05) is 0 Å². The van der Waals surface area contributed by atoms with Gasteiger partial charge >= 0.3 is 5.97 Å². The van der Waals surface area contributed by atoms with Gasteiger partial charge in [-0.15, -0.1) is 0 Å². The number of hydrogen-bond donors (Lipinski definition) is 2. The van der Waals surface area contributed by atoms with E-state index in [2.05, 4.69) is 10.6 Å². The van der Waals surface area contributed by atoms with Gasteiger partial charge in [0.25, 0.3) is 11.8 Å². The average Bonchev–Trinajstić information content (AvgIpc) is 2.88. The molecule has 0 spiro atoms. The predicted octanol–water partition coefficient (Wildman–Crippen LogP) is 4.10. The lowest BCUT2D eigenvalue weighted by molar-refractivity contribution is -0.123. The first-order valence-corrected chi connectivity index (χ1v) is 11.1. The Kier molecular flexibility index (Phi) is 8.77. The van der Waals surface area contributed by atoms with Crippen molar-refractivity contribution in [2.24, 2.45) is 0 Å². The zero-order chi connectivity index (χ0) is 26.1. The molecule has 0 saturated heterocycles. The van der Waals surface area contributed by atoms with Gasteiger partial charge in [0.05, 0.1) is 18.4 Å². The van der Waals surface area contributed by atoms with Gasteiger partial charge in [-0.25, -0.2) is 4.79 Å². The second kappa shape index (κ2) is 12.2. The molecule has 2 N–H and O–H groups in total. The van der Waals surface area contributed by atoms with E-state index in [0.29, 0.717) is 28.4 Å². The van der Waals surface area contributed by atoms with E-state index in [-0.39, 0.29) is 23.9 Å². The van der Waals surface area contributed by atoms with Gasteiger partial charge in [-0.1, -0.05) is 18.2 Å². The molecular weight excluding hydrogens is 464 g/mol. The Bertz CT molecular complexity index is 1250. The fourth-order valence-corrected chi connectivity index (χ4v) is 3.15. The number of benzene rings is 3. The van der Waals surface area contributed by atoms with Gasteiger partial charge < -0.3 is 24.8 Å². The third-order valence-corrected chi connectivity index (χ3v) is 5.03. The van der Waals surface area contributed by atoms with Gasteiger partial charge in [0.15, 0.2) is 18.5 Å². The highest BCUT2D eigenvalue weighted by Gasteiger charge is 2.20. The Morgan fingerprint density at radius 3 is 2.28 bits per heavy atom. The maximum Gasteiger partial charge on any atom is 0.338 e. The Morgan fingerprint density at radius 2 is 1.58 bits per heavy atom. The first kappa shape index (κ1) is 26.0. The summed E-state index contributed by atoms with van der Waals surface area (Å²) >= 11 is 0. The minimum Gasteiger partial charge on any atom is -0.497 e. The van der Waals surface area contributed by atoms with E-state index >= 15 is 0 Å². The number of hydrogen-bond acceptors (Lipinski definition) is 7. The van der Waals surface area contributed by atoms with Crippen LogP contribution in [0.4, 0.5) is 11.4 Å². The van der Waals surface area contributed by atoms with Crippen LogP contribution in [-0.2, 0) is 14.3 Å². The summed E-state index contributed by atoms with van der Waals surface area (Å²) in [6.45, 7) is 2.59. The second-order valence-corrected chi connectivity index (χ2v) is 7.73. The van der Waals surface area contributed by atoms with Crippen LogP contribution in [0.25, 0.3) is 0 Å². The number of carbonyl (C=O) groups is 4. The zero-order valence-electron chi connectivity index (χ0n) is 20.1. The molecule has 2 amide bonds. The van der Waals surface area contributed by atoms with Crippen molar-refractivity contribution in [3.63, 3.8) is 0 Å². The molecule has 0 radical (unpaired) electrons. The number of nitrogens with one attached hydrogen (secondary N) is 2. The first-order valence-electron chi connectivity index (χ1n) is 11.1. The topological polar surface area (TPSA) is 120 Å². The molecule has 1 unspecified atom stereocenters. The average molecular weight is 491 g/mol. The Hall–Kier alpha value is -4.66. The standard InChI is InChI=1S/C27H26N2O7/c1-17(30)23-9-4-5-10-24(23)29-26(32)18(2)36-27(33)19-11-13-21(14-12-19)35-16-25(31)28-20-7-6-8-22(15-20)34-3/h4-15,18H,16H2,1-3H3,(H,28,31)(H,29,32). The van der Waals surface area contributed by atoms with E-state index in [9.17, 15) is 19.2 Å². The maximum atomic E-state index is 12.5. The Morgan fingerprint density at radius 1 is 0.861 bits per heavy atom. The summed E-state index contributed by atoms with van der Waals surface area (Å²) < 4.78 is 15.8. The third kappa shape index (κ3) is 7.17. The van der Waals surface area contributed by atoms with Gasteiger partial charge in [-0.05, 0) is 62.4 Å². The first-order chi connectivity index (χ1) is 17.3. The number of methoxy groups -OCH3 is 1. The number of Topliss-reactive ketones (excluding diaryl/α,β-unsaturated/α-hetero) is 1. The van der Waals surface area contributed by atoms with Crippen LogP contribution in [-0.4, -0.2) is 43.4 Å². The summed E-state index contributed by atoms with van der Waals surface area (Å²) in [5, 5.41) is 5.31. The van der Waals surface area contributed by atoms with Gasteiger partial charge in [-0.2, -0.15) is 0 Å². The summed E-state index contributed by atoms with van der Waals surface area (Å²) in [6, 6.07) is 19.5. The molecule has 0 bridgehead atoms. The predicted molar refractivity (Wildman–Crippen MR) is 134 cm³/mol. The van der Waals surface area contributed by atoms with Gasteiger partial charge in [0, 0.05) is 17.3 Å². The van der Waals surface area contributed by atoms with E-state index < -0.39 is 18.0 Å². The number of amides is 2. The summed E-state index contributed by atoms with van der Waals surface area (Å²) in [4.78, 5) is 48.8. The van der Waals surface area contributed by atoms with Gasteiger partial charge in [0.2, 0.25) is 0 Å². The van der Waals surface area contributed by atoms with Crippen LogP contribution in [0.15, 0.2) is 72.8 Å². The van der Waals surface area contributed by atoms with Crippen molar-refractivity contribution in [2.45, 2.75) is 20.0 Å². The number of ketones is 1. The molecule has 9 nitrogen and oxygen atoms in total. The normalized spacial score (nSPS) is 11.1. The minimum absolute atomic E-state index is 0.198. The van der Waals surface area contributed by atoms with E-state index in [0.717, 1.165) is 0 Å². The molecule has 9 heteroatoms. The monoisotopic (exact) mass is 490 g/mol. The fourth-order valence-electron chi connectivity index (χ4n) is 3.15. The number of rotatable bonds is 10. The van der Waals surface area contributed by atoms with Crippen LogP contribution < -0.4 is 20.1 Å². The highest BCUT2D eigenvalue weighted by atomic mass is 16.5. The van der Waals surface area contributed by atoms with Crippen molar-refractivity contribution < 1.29 is 33.4 Å². The highest BCUT2D eigenvalue weighted by Crippen LogP contribution is 2.18. The zero-order valence-corrected chi connectivity index (χ0v) is 20.1. The van der Waals surface area contributed by atoms with Crippen LogP contribution in [0.1, 0.15) is 34.6 Å². The van der Waals surface area contributed by atoms with Gasteiger partial charge in [-0.3, -0.25) is 14.4 Å². The summed E-state index contributed by atoms with van der Waals surface area (Å²) in [5.41, 5.74) is 1.47. The maximum absolute atomic E-state index is 12.5. The Balaban J connectivity index is 1.50. The van der Waals surface area contributed by atoms with Crippen LogP contribution in [0, 0.1) is 0 Å². The minimum atomic E-state index is -1.10. The molecule has 186 valence electrons. The Labute approximate surface area is 208 Å². The molecule has 0 aromatic heterocycles. The van der Waals surface area contributed by atoms with Crippen molar-refractivity contribution in [1.82, 2.24) is 0 Å². The molecule has 0 aliphatic rings. The number of para-hydroxylation sites is 1. The lowest BCUT2D eigenvalue weighted by Crippen LogP contribution is -2.30. The number of carbonyl (C=O) groups excluding carboxylic acids is 4. The van der Waals surface area contributed by atoms with Crippen molar-refractivity contribution in [2.75, 3.05) is 24.4 Å². The smallest absolute Gasteiger partial charge is 0.338 e. The van der Waals surface area contributed by atoms with Crippen molar-refractivity contribution >= 4 is 34.9 Å². The molecule has 3 rings (SSSR count). The summed E-state index contributed by atoms with van der Waals surface area (Å²) in [5.74, 6) is -0.852. The molecule has 0 heterocycles. The van der Waals surface area contributed by atoms with Gasteiger partial charge in [0.1, 0.15) is 11.5 Å². The molecule has 3 aromatic carbocycles. The van der Waals surface area contributed by atoms with Crippen LogP contribution in [0.5, 0.6) is 11.5 Å². The molecule has 0 aliphatic carbocycles. The molecule has 0 aliphatic heterocycles. The van der Waals surface area contributed by atoms with Crippen LogP contribution in [0.2, 0.25) is 0 Å². The molecule has 3 aromatic rings. The molecular formula is C27H26N2O7. The molecule has 36 heavy (non-hydrogen) atoms. The van der Waals surface area contributed by atoms with E-state index in [4.69, 9.17) is 14.2 Å². The number of anilines is 2. The lowest BCUT2D eigenvalue weighted by Gasteiger charge is -2.15.